The fraction of sp³-hybridized carbons (Fsp3) is 0.615. The van der Waals surface area contributed by atoms with Crippen LogP contribution >= 0.6 is 0 Å². The molecule has 7 nitrogen and oxygen atoms in total. The lowest BCUT2D eigenvalue weighted by Crippen LogP contribution is -2.39. The minimum atomic E-state index is -0.105. The van der Waals surface area contributed by atoms with Gasteiger partial charge < -0.3 is 5.32 Å². The van der Waals surface area contributed by atoms with Crippen LogP contribution in [0.2, 0.25) is 0 Å². The van der Waals surface area contributed by atoms with E-state index in [1.807, 2.05) is 7.05 Å². The summed E-state index contributed by atoms with van der Waals surface area (Å²) >= 11 is 0. The molecule has 1 saturated heterocycles. The van der Waals surface area contributed by atoms with Gasteiger partial charge in [0.25, 0.3) is 11.3 Å². The summed E-state index contributed by atoms with van der Waals surface area (Å²) in [5.74, 6) is 1.13. The highest BCUT2D eigenvalue weighted by molar-refractivity contribution is 5.25. The van der Waals surface area contributed by atoms with Gasteiger partial charge in [-0.2, -0.15) is 4.52 Å². The molecule has 0 amide bonds. The number of hydrogen-bond donors (Lipinski definition) is 2. The van der Waals surface area contributed by atoms with Crippen molar-refractivity contribution in [3.05, 3.63) is 28.4 Å². The van der Waals surface area contributed by atoms with E-state index in [-0.39, 0.29) is 5.56 Å². The number of aromatic nitrogens is 4. The molecular formula is C13H20N6O. The zero-order chi connectivity index (χ0) is 13.9. The molecule has 0 aliphatic carbocycles. The van der Waals surface area contributed by atoms with Crippen LogP contribution in [0.4, 0.5) is 0 Å². The van der Waals surface area contributed by atoms with Gasteiger partial charge in [0.15, 0.2) is 0 Å². The Bertz CT molecular complexity index is 631. The van der Waals surface area contributed by atoms with Gasteiger partial charge in [0.2, 0.25) is 0 Å². The molecule has 108 valence electrons. The molecule has 3 heterocycles. The standard InChI is InChI=1S/C13H20N6O/c1-14-6-10-3-2-4-18(7-10)8-11-5-12(20)19-13(17-11)15-9-16-19/h5,9-10,14H,2-4,6-8H2,1H3,(H,15,16,17). The molecule has 7 heteroatoms. The third-order valence-electron chi connectivity index (χ3n) is 3.80. The van der Waals surface area contributed by atoms with Crippen LogP contribution in [0.15, 0.2) is 17.2 Å². The molecule has 1 aliphatic rings. The van der Waals surface area contributed by atoms with Crippen LogP contribution in [-0.4, -0.2) is 51.2 Å². The zero-order valence-electron chi connectivity index (χ0n) is 11.7. The van der Waals surface area contributed by atoms with Crippen LogP contribution in [0.3, 0.4) is 0 Å². The molecule has 3 rings (SSSR count). The summed E-state index contributed by atoms with van der Waals surface area (Å²) in [4.78, 5) is 22.7. The number of likely N-dealkylation sites (tertiary alicyclic amines) is 1. The summed E-state index contributed by atoms with van der Waals surface area (Å²) in [5, 5.41) is 5.99. The number of fused-ring (bicyclic) bond motifs is 1. The van der Waals surface area contributed by atoms with Crippen molar-refractivity contribution in [3.8, 4) is 0 Å². The van der Waals surface area contributed by atoms with Crippen molar-refractivity contribution in [1.82, 2.24) is 29.8 Å². The molecule has 1 fully saturated rings. The topological polar surface area (TPSA) is 78.3 Å². The first-order valence-electron chi connectivity index (χ1n) is 7.05. The van der Waals surface area contributed by atoms with Gasteiger partial charge in [0.05, 0.1) is 5.69 Å². The third kappa shape index (κ3) is 2.73. The van der Waals surface area contributed by atoms with Gasteiger partial charge in [-0.15, -0.1) is 0 Å². The normalized spacial score (nSPS) is 20.6. The van der Waals surface area contributed by atoms with Gasteiger partial charge in [0, 0.05) is 19.2 Å². The SMILES string of the molecule is CNCC1CCCN(Cc2cc(=O)n3[nH]cnc3n2)C1. The first kappa shape index (κ1) is 13.3. The maximum absolute atomic E-state index is 11.9. The van der Waals surface area contributed by atoms with Crippen molar-refractivity contribution < 1.29 is 0 Å². The maximum atomic E-state index is 11.9. The summed E-state index contributed by atoms with van der Waals surface area (Å²) in [7, 11) is 1.99. The Kier molecular flexibility index (Phi) is 3.79. The van der Waals surface area contributed by atoms with E-state index in [1.165, 1.54) is 23.7 Å². The number of piperidine rings is 1. The Hall–Kier alpha value is -1.73. The van der Waals surface area contributed by atoms with Crippen molar-refractivity contribution in [3.63, 3.8) is 0 Å². The smallest absolute Gasteiger partial charge is 0.274 e. The van der Waals surface area contributed by atoms with Crippen molar-refractivity contribution in [2.24, 2.45) is 5.92 Å². The third-order valence-corrected chi connectivity index (χ3v) is 3.80. The monoisotopic (exact) mass is 276 g/mol. The minimum Gasteiger partial charge on any atom is -0.319 e. The molecule has 0 aromatic carbocycles. The first-order valence-corrected chi connectivity index (χ1v) is 7.05. The van der Waals surface area contributed by atoms with E-state index >= 15 is 0 Å². The summed E-state index contributed by atoms with van der Waals surface area (Å²) in [5.41, 5.74) is 0.693. The van der Waals surface area contributed by atoms with E-state index in [0.717, 1.165) is 31.9 Å². The second-order valence-corrected chi connectivity index (χ2v) is 5.41. The Morgan fingerprint density at radius 2 is 2.45 bits per heavy atom. The molecule has 2 N–H and O–H groups in total. The lowest BCUT2D eigenvalue weighted by atomic mass is 9.98. The average Bonchev–Trinajstić information content (AvgIpc) is 2.88. The van der Waals surface area contributed by atoms with Crippen LogP contribution in [-0.2, 0) is 6.54 Å². The summed E-state index contributed by atoms with van der Waals surface area (Å²) in [6.07, 6.45) is 3.96. The second-order valence-electron chi connectivity index (χ2n) is 5.41. The molecule has 1 aliphatic heterocycles. The first-order chi connectivity index (χ1) is 9.76. The van der Waals surface area contributed by atoms with Crippen LogP contribution in [0.25, 0.3) is 5.78 Å². The quantitative estimate of drug-likeness (QED) is 0.812. The van der Waals surface area contributed by atoms with E-state index in [1.54, 1.807) is 6.07 Å². The number of nitrogens with zero attached hydrogens (tertiary/aromatic N) is 4. The zero-order valence-corrected chi connectivity index (χ0v) is 11.7. The predicted molar refractivity (Wildman–Crippen MR) is 75.5 cm³/mol. The molecule has 0 bridgehead atoms. The van der Waals surface area contributed by atoms with Crippen LogP contribution in [0, 0.1) is 5.92 Å². The molecule has 1 unspecified atom stereocenters. The molecule has 1 atom stereocenters. The van der Waals surface area contributed by atoms with Gasteiger partial charge in [-0.25, -0.2) is 9.97 Å². The minimum absolute atomic E-state index is 0.105. The maximum Gasteiger partial charge on any atom is 0.274 e. The number of hydrogen-bond acceptors (Lipinski definition) is 5. The van der Waals surface area contributed by atoms with Crippen molar-refractivity contribution in [1.29, 1.82) is 0 Å². The molecule has 0 saturated carbocycles. The van der Waals surface area contributed by atoms with Crippen LogP contribution in [0.1, 0.15) is 18.5 Å². The van der Waals surface area contributed by atoms with E-state index in [9.17, 15) is 4.79 Å². The Morgan fingerprint density at radius 1 is 1.55 bits per heavy atom. The Balaban J connectivity index is 1.73. The van der Waals surface area contributed by atoms with Gasteiger partial charge >= 0.3 is 0 Å². The fourth-order valence-corrected chi connectivity index (χ4v) is 2.93. The van der Waals surface area contributed by atoms with Crippen molar-refractivity contribution >= 4 is 5.78 Å². The lowest BCUT2D eigenvalue weighted by molar-refractivity contribution is 0.165. The summed E-state index contributed by atoms with van der Waals surface area (Å²) < 4.78 is 1.35. The lowest BCUT2D eigenvalue weighted by Gasteiger charge is -2.32. The highest BCUT2D eigenvalue weighted by Gasteiger charge is 2.20. The van der Waals surface area contributed by atoms with Crippen molar-refractivity contribution in [2.75, 3.05) is 26.7 Å². The summed E-state index contributed by atoms with van der Waals surface area (Å²) in [6, 6.07) is 1.59. The van der Waals surface area contributed by atoms with E-state index in [4.69, 9.17) is 0 Å². The average molecular weight is 276 g/mol. The Labute approximate surface area is 117 Å². The molecule has 2 aromatic rings. The van der Waals surface area contributed by atoms with Crippen LogP contribution in [0.5, 0.6) is 0 Å². The molecule has 20 heavy (non-hydrogen) atoms. The molecule has 0 radical (unpaired) electrons. The van der Waals surface area contributed by atoms with Crippen LogP contribution < -0.4 is 10.9 Å². The predicted octanol–water partition coefficient (Wildman–Crippen LogP) is -0.151. The van der Waals surface area contributed by atoms with Gasteiger partial charge in [-0.3, -0.25) is 14.8 Å². The number of rotatable bonds is 4. The molecular weight excluding hydrogens is 256 g/mol. The van der Waals surface area contributed by atoms with E-state index in [2.05, 4.69) is 25.3 Å². The summed E-state index contributed by atoms with van der Waals surface area (Å²) in [6.45, 7) is 3.90. The number of aromatic amines is 1. The second kappa shape index (κ2) is 5.72. The Morgan fingerprint density at radius 3 is 3.30 bits per heavy atom. The molecule has 2 aromatic heterocycles. The largest absolute Gasteiger partial charge is 0.319 e. The van der Waals surface area contributed by atoms with E-state index in [0.29, 0.717) is 11.7 Å². The number of H-pyrrole nitrogens is 1. The van der Waals surface area contributed by atoms with Gasteiger partial charge in [-0.1, -0.05) is 0 Å². The highest BCUT2D eigenvalue weighted by atomic mass is 16.1. The number of nitrogens with one attached hydrogen (secondary N) is 2. The van der Waals surface area contributed by atoms with Gasteiger partial charge in [-0.05, 0) is 38.9 Å². The highest BCUT2D eigenvalue weighted by Crippen LogP contribution is 2.17. The van der Waals surface area contributed by atoms with Crippen molar-refractivity contribution in [2.45, 2.75) is 19.4 Å². The van der Waals surface area contributed by atoms with Gasteiger partial charge in [0.1, 0.15) is 6.33 Å². The van der Waals surface area contributed by atoms with E-state index < -0.39 is 0 Å². The molecule has 0 spiro atoms. The fourth-order valence-electron chi connectivity index (χ4n) is 2.93.